The molecule has 1 N–H and O–H groups in total. The van der Waals surface area contributed by atoms with Gasteiger partial charge < -0.3 is 0 Å². The van der Waals surface area contributed by atoms with Crippen molar-refractivity contribution in [2.45, 2.75) is 30.3 Å². The number of rotatable bonds is 0. The Morgan fingerprint density at radius 3 is 2.82 bits per heavy atom. The first-order valence-corrected chi connectivity index (χ1v) is 6.88. The van der Waals surface area contributed by atoms with Crippen LogP contribution in [0.4, 0.5) is 5.69 Å². The van der Waals surface area contributed by atoms with E-state index in [2.05, 4.69) is 4.72 Å². The zero-order valence-corrected chi connectivity index (χ0v) is 10.1. The first-order valence-electron chi connectivity index (χ1n) is 5.40. The monoisotopic (exact) mass is 252 g/mol. The lowest BCUT2D eigenvalue weighted by Crippen LogP contribution is -2.59. The molecule has 0 spiro atoms. The van der Waals surface area contributed by atoms with Crippen LogP contribution in [0.15, 0.2) is 29.2 Å². The zero-order chi connectivity index (χ0) is 12.3. The molecule has 1 aromatic rings. The molecule has 17 heavy (non-hydrogen) atoms. The van der Waals surface area contributed by atoms with Crippen LogP contribution in [-0.4, -0.2) is 20.0 Å². The molecule has 0 bridgehead atoms. The lowest BCUT2D eigenvalue weighted by Gasteiger charge is -2.40. The van der Waals surface area contributed by atoms with Gasteiger partial charge in [-0.3, -0.25) is 9.69 Å². The topological polar surface area (TPSA) is 66.5 Å². The van der Waals surface area contributed by atoms with Crippen molar-refractivity contribution in [3.63, 3.8) is 0 Å². The van der Waals surface area contributed by atoms with Crippen LogP contribution in [0.5, 0.6) is 0 Å². The smallest absolute Gasteiger partial charge is 0.244 e. The Morgan fingerprint density at radius 1 is 1.35 bits per heavy atom. The van der Waals surface area contributed by atoms with Crippen LogP contribution < -0.4 is 9.62 Å². The summed E-state index contributed by atoms with van der Waals surface area (Å²) < 4.78 is 26.8. The lowest BCUT2D eigenvalue weighted by atomic mass is 10.1. The molecule has 6 heteroatoms. The van der Waals surface area contributed by atoms with Crippen molar-refractivity contribution >= 4 is 21.6 Å². The molecule has 1 unspecified atom stereocenters. The van der Waals surface area contributed by atoms with Gasteiger partial charge in [0.05, 0.1) is 5.69 Å². The SMILES string of the molecule is CC12CCC(=O)N1c1ccccc1S(=O)(=O)N2. The minimum Gasteiger partial charge on any atom is -0.292 e. The summed E-state index contributed by atoms with van der Waals surface area (Å²) in [5.41, 5.74) is -0.333. The number of hydrogen-bond acceptors (Lipinski definition) is 3. The van der Waals surface area contributed by atoms with Crippen LogP contribution in [0.1, 0.15) is 19.8 Å². The molecule has 1 atom stereocenters. The summed E-state index contributed by atoms with van der Waals surface area (Å²) in [6.07, 6.45) is 0.868. The standard InChI is InChI=1S/C11H12N2O3S/c1-11-7-6-10(14)13(11)8-4-2-3-5-9(8)17(15,16)12-11/h2-5,12H,6-7H2,1H3. The van der Waals surface area contributed by atoms with E-state index >= 15 is 0 Å². The highest BCUT2D eigenvalue weighted by atomic mass is 32.2. The molecule has 2 aliphatic heterocycles. The molecule has 5 nitrogen and oxygen atoms in total. The fourth-order valence-electron chi connectivity index (χ4n) is 2.56. The molecule has 2 aliphatic rings. The summed E-state index contributed by atoms with van der Waals surface area (Å²) in [4.78, 5) is 13.6. The van der Waals surface area contributed by atoms with Crippen LogP contribution in [-0.2, 0) is 14.8 Å². The number of carbonyl (C=O) groups excluding carboxylic acids is 1. The predicted octanol–water partition coefficient (Wildman–Crippen LogP) is 0.822. The van der Waals surface area contributed by atoms with Crippen LogP contribution in [0, 0.1) is 0 Å². The van der Waals surface area contributed by atoms with Gasteiger partial charge in [-0.15, -0.1) is 0 Å². The van der Waals surface area contributed by atoms with Crippen molar-refractivity contribution in [3.8, 4) is 0 Å². The second-order valence-corrected chi connectivity index (χ2v) is 6.23. The second kappa shape index (κ2) is 3.08. The van der Waals surface area contributed by atoms with E-state index in [9.17, 15) is 13.2 Å². The highest BCUT2D eigenvalue weighted by Gasteiger charge is 2.50. The third-order valence-corrected chi connectivity index (χ3v) is 4.95. The van der Waals surface area contributed by atoms with Crippen molar-refractivity contribution in [2.24, 2.45) is 0 Å². The van der Waals surface area contributed by atoms with E-state index in [0.29, 0.717) is 18.5 Å². The van der Waals surface area contributed by atoms with Gasteiger partial charge in [-0.25, -0.2) is 8.42 Å². The van der Waals surface area contributed by atoms with E-state index in [1.54, 1.807) is 30.0 Å². The van der Waals surface area contributed by atoms with Crippen LogP contribution in [0.3, 0.4) is 0 Å². The number of anilines is 1. The number of fused-ring (bicyclic) bond motifs is 3. The van der Waals surface area contributed by atoms with Gasteiger partial charge in [0.2, 0.25) is 15.9 Å². The summed E-state index contributed by atoms with van der Waals surface area (Å²) in [7, 11) is -3.52. The minimum atomic E-state index is -3.52. The van der Waals surface area contributed by atoms with Crippen molar-refractivity contribution in [3.05, 3.63) is 24.3 Å². The molecule has 1 amide bonds. The van der Waals surface area contributed by atoms with Gasteiger partial charge in [-0.05, 0) is 25.5 Å². The molecule has 1 fully saturated rings. The van der Waals surface area contributed by atoms with Gasteiger partial charge >= 0.3 is 0 Å². The largest absolute Gasteiger partial charge is 0.292 e. The summed E-state index contributed by atoms with van der Waals surface area (Å²) >= 11 is 0. The van der Waals surface area contributed by atoms with Crippen LogP contribution in [0.2, 0.25) is 0 Å². The fourth-order valence-corrected chi connectivity index (χ4v) is 4.13. The van der Waals surface area contributed by atoms with E-state index in [4.69, 9.17) is 0 Å². The Hall–Kier alpha value is -1.40. The summed E-state index contributed by atoms with van der Waals surface area (Å²) in [5.74, 6) is -0.0395. The number of hydrogen-bond donors (Lipinski definition) is 1. The van der Waals surface area contributed by atoms with E-state index < -0.39 is 15.7 Å². The Labute approximate surface area is 99.5 Å². The van der Waals surface area contributed by atoms with Crippen molar-refractivity contribution in [1.29, 1.82) is 0 Å². The minimum absolute atomic E-state index is 0.0395. The average molecular weight is 252 g/mol. The Morgan fingerprint density at radius 2 is 2.06 bits per heavy atom. The molecule has 90 valence electrons. The van der Waals surface area contributed by atoms with Gasteiger partial charge in [0, 0.05) is 6.42 Å². The van der Waals surface area contributed by atoms with E-state index in [1.807, 2.05) is 0 Å². The summed E-state index contributed by atoms with van der Waals surface area (Å²) in [6, 6.07) is 6.59. The van der Waals surface area contributed by atoms with Gasteiger partial charge in [0.15, 0.2) is 0 Å². The molecule has 0 aromatic heterocycles. The third kappa shape index (κ3) is 1.34. The Balaban J connectivity index is 2.32. The molecular weight excluding hydrogens is 240 g/mol. The molecular formula is C11H12N2O3S. The highest BCUT2D eigenvalue weighted by molar-refractivity contribution is 7.89. The molecule has 1 aromatic carbocycles. The van der Waals surface area contributed by atoms with Gasteiger partial charge in [0.25, 0.3) is 0 Å². The van der Waals surface area contributed by atoms with Crippen molar-refractivity contribution in [1.82, 2.24) is 4.72 Å². The first-order chi connectivity index (χ1) is 7.94. The predicted molar refractivity (Wildman–Crippen MR) is 61.9 cm³/mol. The first kappa shape index (κ1) is 10.7. The molecule has 0 radical (unpaired) electrons. The van der Waals surface area contributed by atoms with E-state index in [-0.39, 0.29) is 10.8 Å². The normalized spacial score (nSPS) is 29.9. The molecule has 3 rings (SSSR count). The number of nitrogens with zero attached hydrogens (tertiary/aromatic N) is 1. The van der Waals surface area contributed by atoms with E-state index in [1.165, 1.54) is 6.07 Å². The Bertz CT molecular complexity index is 611. The fraction of sp³-hybridized carbons (Fsp3) is 0.364. The molecule has 0 saturated carbocycles. The molecule has 0 aliphatic carbocycles. The quantitative estimate of drug-likeness (QED) is 0.743. The van der Waals surface area contributed by atoms with Gasteiger partial charge in [-0.1, -0.05) is 12.1 Å². The second-order valence-electron chi connectivity index (χ2n) is 4.58. The highest BCUT2D eigenvalue weighted by Crippen LogP contribution is 2.41. The maximum atomic E-state index is 12.1. The number of nitrogens with one attached hydrogen (secondary N) is 1. The summed E-state index contributed by atoms with van der Waals surface area (Å²) in [5, 5.41) is 0. The van der Waals surface area contributed by atoms with Crippen molar-refractivity contribution < 1.29 is 13.2 Å². The van der Waals surface area contributed by atoms with Gasteiger partial charge in [0.1, 0.15) is 10.6 Å². The Kier molecular flexibility index (Phi) is 1.95. The third-order valence-electron chi connectivity index (χ3n) is 3.32. The van der Waals surface area contributed by atoms with Crippen molar-refractivity contribution in [2.75, 3.05) is 4.90 Å². The van der Waals surface area contributed by atoms with Gasteiger partial charge in [-0.2, -0.15) is 4.72 Å². The number of amides is 1. The van der Waals surface area contributed by atoms with Crippen LogP contribution >= 0.6 is 0 Å². The maximum absolute atomic E-state index is 12.1. The number of sulfonamides is 1. The average Bonchev–Trinajstić information content (AvgIpc) is 2.54. The van der Waals surface area contributed by atoms with E-state index in [0.717, 1.165) is 0 Å². The molecule has 1 saturated heterocycles. The lowest BCUT2D eigenvalue weighted by molar-refractivity contribution is -0.117. The zero-order valence-electron chi connectivity index (χ0n) is 9.30. The molecule has 2 heterocycles. The van der Waals surface area contributed by atoms with Crippen LogP contribution in [0.25, 0.3) is 0 Å². The number of para-hydroxylation sites is 1. The maximum Gasteiger partial charge on any atom is 0.244 e. The summed E-state index contributed by atoms with van der Waals surface area (Å²) in [6.45, 7) is 1.74. The number of benzene rings is 1. The number of carbonyl (C=O) groups is 1.